The van der Waals surface area contributed by atoms with E-state index in [2.05, 4.69) is 14.7 Å². The van der Waals surface area contributed by atoms with Crippen molar-refractivity contribution in [3.8, 4) is 0 Å². The number of imidazole rings is 1. The Morgan fingerprint density at radius 1 is 1.47 bits per heavy atom. The molecule has 2 aromatic heterocycles. The standard InChI is InChI=1S/C10H11N3O2/c1-6-5-13-7(2)9(10(14)15-3)12-8(13)4-11-6/h4-5H,1-3H3. The molecule has 0 unspecified atom stereocenters. The Morgan fingerprint density at radius 2 is 2.20 bits per heavy atom. The van der Waals surface area contributed by atoms with Crippen LogP contribution in [0.1, 0.15) is 21.9 Å². The number of aryl methyl sites for hydroxylation is 2. The number of rotatable bonds is 1. The van der Waals surface area contributed by atoms with Gasteiger partial charge in [0.15, 0.2) is 11.3 Å². The molecule has 0 N–H and O–H groups in total. The van der Waals surface area contributed by atoms with Gasteiger partial charge in [0.25, 0.3) is 0 Å². The van der Waals surface area contributed by atoms with Crippen molar-refractivity contribution in [1.82, 2.24) is 14.4 Å². The third-order valence-corrected chi connectivity index (χ3v) is 2.26. The lowest BCUT2D eigenvalue weighted by molar-refractivity contribution is 0.0594. The minimum atomic E-state index is -0.422. The molecule has 0 aliphatic rings. The molecule has 0 amide bonds. The van der Waals surface area contributed by atoms with Crippen molar-refractivity contribution >= 4 is 11.6 Å². The van der Waals surface area contributed by atoms with Crippen LogP contribution in [0.2, 0.25) is 0 Å². The van der Waals surface area contributed by atoms with E-state index in [-0.39, 0.29) is 0 Å². The Hall–Kier alpha value is -1.91. The second-order valence-corrected chi connectivity index (χ2v) is 3.29. The summed E-state index contributed by atoms with van der Waals surface area (Å²) in [7, 11) is 1.34. The molecule has 0 aliphatic carbocycles. The van der Waals surface area contributed by atoms with Crippen molar-refractivity contribution in [2.24, 2.45) is 0 Å². The van der Waals surface area contributed by atoms with Crippen LogP contribution in [0.4, 0.5) is 0 Å². The van der Waals surface area contributed by atoms with E-state index < -0.39 is 5.97 Å². The first-order valence-corrected chi connectivity index (χ1v) is 4.53. The molecule has 15 heavy (non-hydrogen) atoms. The molecule has 0 spiro atoms. The Bertz CT molecular complexity index is 531. The summed E-state index contributed by atoms with van der Waals surface area (Å²) >= 11 is 0. The first-order valence-electron chi connectivity index (χ1n) is 4.53. The van der Waals surface area contributed by atoms with Gasteiger partial charge < -0.3 is 9.14 Å². The molecule has 0 atom stereocenters. The molecule has 2 rings (SSSR count). The summed E-state index contributed by atoms with van der Waals surface area (Å²) in [5, 5.41) is 0. The average Bonchev–Trinajstić information content (AvgIpc) is 2.55. The van der Waals surface area contributed by atoms with Crippen LogP contribution in [0.15, 0.2) is 12.4 Å². The normalized spacial score (nSPS) is 10.6. The highest BCUT2D eigenvalue weighted by atomic mass is 16.5. The Labute approximate surface area is 86.7 Å². The van der Waals surface area contributed by atoms with Gasteiger partial charge in [-0.2, -0.15) is 0 Å². The predicted octanol–water partition coefficient (Wildman–Crippen LogP) is 1.13. The van der Waals surface area contributed by atoms with Crippen LogP contribution in [0.25, 0.3) is 5.65 Å². The van der Waals surface area contributed by atoms with E-state index in [1.54, 1.807) is 6.20 Å². The molecule has 5 nitrogen and oxygen atoms in total. The Balaban J connectivity index is 2.69. The topological polar surface area (TPSA) is 56.5 Å². The monoisotopic (exact) mass is 205 g/mol. The molecule has 0 saturated carbocycles. The molecule has 5 heteroatoms. The number of carbonyl (C=O) groups is 1. The number of hydrogen-bond donors (Lipinski definition) is 0. The van der Waals surface area contributed by atoms with Crippen molar-refractivity contribution < 1.29 is 9.53 Å². The quantitative estimate of drug-likeness (QED) is 0.655. The summed E-state index contributed by atoms with van der Waals surface area (Å²) < 4.78 is 6.47. The van der Waals surface area contributed by atoms with Crippen LogP contribution in [-0.4, -0.2) is 27.4 Å². The van der Waals surface area contributed by atoms with E-state index in [4.69, 9.17) is 0 Å². The second kappa shape index (κ2) is 3.34. The highest BCUT2D eigenvalue weighted by molar-refractivity contribution is 5.89. The maximum atomic E-state index is 11.4. The van der Waals surface area contributed by atoms with Crippen molar-refractivity contribution in [1.29, 1.82) is 0 Å². The maximum Gasteiger partial charge on any atom is 0.358 e. The molecule has 0 bridgehead atoms. The minimum Gasteiger partial charge on any atom is -0.464 e. The van der Waals surface area contributed by atoms with E-state index in [1.165, 1.54) is 7.11 Å². The van der Waals surface area contributed by atoms with Crippen LogP contribution in [-0.2, 0) is 4.74 Å². The predicted molar refractivity (Wildman–Crippen MR) is 53.8 cm³/mol. The fourth-order valence-corrected chi connectivity index (χ4v) is 1.46. The molecular weight excluding hydrogens is 194 g/mol. The van der Waals surface area contributed by atoms with Crippen LogP contribution in [0, 0.1) is 13.8 Å². The van der Waals surface area contributed by atoms with Gasteiger partial charge in [-0.15, -0.1) is 0 Å². The Morgan fingerprint density at radius 3 is 2.87 bits per heavy atom. The molecular formula is C10H11N3O2. The van der Waals surface area contributed by atoms with E-state index in [1.807, 2.05) is 24.4 Å². The lowest BCUT2D eigenvalue weighted by Crippen LogP contribution is -2.03. The summed E-state index contributed by atoms with van der Waals surface area (Å²) in [5.74, 6) is -0.422. The number of ether oxygens (including phenoxy) is 1. The molecule has 0 aromatic carbocycles. The molecule has 2 aromatic rings. The lowest BCUT2D eigenvalue weighted by atomic mass is 10.3. The van der Waals surface area contributed by atoms with Gasteiger partial charge in [0.05, 0.1) is 24.7 Å². The zero-order valence-corrected chi connectivity index (χ0v) is 8.81. The van der Waals surface area contributed by atoms with Gasteiger partial charge in [-0.1, -0.05) is 0 Å². The number of aromatic nitrogens is 3. The van der Waals surface area contributed by atoms with Gasteiger partial charge in [-0.3, -0.25) is 4.98 Å². The van der Waals surface area contributed by atoms with Gasteiger partial charge in [-0.25, -0.2) is 9.78 Å². The lowest BCUT2D eigenvalue weighted by Gasteiger charge is -1.97. The van der Waals surface area contributed by atoms with E-state index >= 15 is 0 Å². The van der Waals surface area contributed by atoms with Gasteiger partial charge in [0.2, 0.25) is 0 Å². The number of nitrogens with zero attached hydrogens (tertiary/aromatic N) is 3. The van der Waals surface area contributed by atoms with Crippen molar-refractivity contribution in [3.05, 3.63) is 29.5 Å². The van der Waals surface area contributed by atoms with Gasteiger partial charge in [0.1, 0.15) is 0 Å². The van der Waals surface area contributed by atoms with Crippen LogP contribution >= 0.6 is 0 Å². The van der Waals surface area contributed by atoms with Crippen LogP contribution < -0.4 is 0 Å². The summed E-state index contributed by atoms with van der Waals surface area (Å²) in [6.45, 7) is 3.71. The summed E-state index contributed by atoms with van der Waals surface area (Å²) in [6.07, 6.45) is 3.47. The molecule has 0 radical (unpaired) electrons. The number of esters is 1. The van der Waals surface area contributed by atoms with Crippen molar-refractivity contribution in [2.75, 3.05) is 7.11 Å². The number of fused-ring (bicyclic) bond motifs is 1. The minimum absolute atomic E-state index is 0.338. The molecule has 0 aliphatic heterocycles. The van der Waals surface area contributed by atoms with E-state index in [0.717, 1.165) is 11.4 Å². The second-order valence-electron chi connectivity index (χ2n) is 3.29. The Kier molecular flexibility index (Phi) is 2.15. The molecule has 2 heterocycles. The molecule has 0 saturated heterocycles. The summed E-state index contributed by atoms with van der Waals surface area (Å²) in [5.41, 5.74) is 2.63. The zero-order valence-electron chi connectivity index (χ0n) is 8.81. The first-order chi connectivity index (χ1) is 7.13. The first kappa shape index (κ1) is 9.64. The summed E-state index contributed by atoms with van der Waals surface area (Å²) in [6, 6.07) is 0. The fourth-order valence-electron chi connectivity index (χ4n) is 1.46. The zero-order chi connectivity index (χ0) is 11.0. The number of hydrogen-bond acceptors (Lipinski definition) is 4. The van der Waals surface area contributed by atoms with Gasteiger partial charge in [-0.05, 0) is 13.8 Å². The smallest absolute Gasteiger partial charge is 0.358 e. The fraction of sp³-hybridized carbons (Fsp3) is 0.300. The van der Waals surface area contributed by atoms with Crippen molar-refractivity contribution in [3.63, 3.8) is 0 Å². The van der Waals surface area contributed by atoms with Gasteiger partial charge in [0, 0.05) is 6.20 Å². The van der Waals surface area contributed by atoms with E-state index in [0.29, 0.717) is 11.3 Å². The molecule has 0 fully saturated rings. The number of carbonyl (C=O) groups excluding carboxylic acids is 1. The van der Waals surface area contributed by atoms with Crippen LogP contribution in [0.3, 0.4) is 0 Å². The number of methoxy groups -OCH3 is 1. The van der Waals surface area contributed by atoms with Crippen molar-refractivity contribution in [2.45, 2.75) is 13.8 Å². The SMILES string of the molecule is COC(=O)c1nc2cnc(C)cn2c1C. The highest BCUT2D eigenvalue weighted by Gasteiger charge is 2.16. The summed E-state index contributed by atoms with van der Waals surface area (Å²) in [4.78, 5) is 19.6. The van der Waals surface area contributed by atoms with Crippen LogP contribution in [0.5, 0.6) is 0 Å². The highest BCUT2D eigenvalue weighted by Crippen LogP contribution is 2.12. The largest absolute Gasteiger partial charge is 0.464 e. The van der Waals surface area contributed by atoms with Gasteiger partial charge >= 0.3 is 5.97 Å². The third-order valence-electron chi connectivity index (χ3n) is 2.26. The third kappa shape index (κ3) is 1.45. The molecule has 78 valence electrons. The maximum absolute atomic E-state index is 11.4. The average molecular weight is 205 g/mol. The van der Waals surface area contributed by atoms with E-state index in [9.17, 15) is 4.79 Å².